The fraction of sp³-hybridized carbons (Fsp3) is 0.423. The molecule has 7 heteroatoms. The van der Waals surface area contributed by atoms with Gasteiger partial charge in [-0.15, -0.1) is 6.42 Å². The first kappa shape index (κ1) is 23.1. The van der Waals surface area contributed by atoms with Crippen LogP contribution in [0.5, 0.6) is 0 Å². The summed E-state index contributed by atoms with van der Waals surface area (Å²) in [5, 5.41) is 9.62. The van der Waals surface area contributed by atoms with Gasteiger partial charge >= 0.3 is 0 Å². The molecule has 0 N–H and O–H groups in total. The molecule has 3 heterocycles. The molecule has 6 nitrogen and oxygen atoms in total. The largest absolute Gasteiger partial charge is 0.384 e. The Morgan fingerprint density at radius 2 is 2.09 bits per heavy atom. The zero-order chi connectivity index (χ0) is 23.5. The Hall–Kier alpha value is -3.06. The molecular formula is C26H28ClN5O. The third kappa shape index (κ3) is 4.98. The number of ether oxygens (including phenoxy) is 1. The van der Waals surface area contributed by atoms with Gasteiger partial charge in [0.25, 0.3) is 0 Å². The SMILES string of the molecule is C#Cc1cc(-c2cc(Cl)nc(C#N)c2)c(C2CC2)nc1N1CCN(C(=C)CCOC)C(C)C1. The first-order valence-electron chi connectivity index (χ1n) is 11.2. The molecule has 2 fully saturated rings. The fourth-order valence-electron chi connectivity index (χ4n) is 4.46. The molecule has 0 bridgehead atoms. The number of nitriles is 1. The number of pyridine rings is 2. The third-order valence-electron chi connectivity index (χ3n) is 6.30. The third-order valence-corrected chi connectivity index (χ3v) is 6.49. The fourth-order valence-corrected chi connectivity index (χ4v) is 4.67. The van der Waals surface area contributed by atoms with Gasteiger partial charge in [0.1, 0.15) is 22.7 Å². The van der Waals surface area contributed by atoms with Gasteiger partial charge < -0.3 is 14.5 Å². The van der Waals surface area contributed by atoms with E-state index in [9.17, 15) is 5.26 Å². The van der Waals surface area contributed by atoms with Crippen LogP contribution in [-0.4, -0.2) is 54.3 Å². The molecule has 4 rings (SSSR count). The average Bonchev–Trinajstić information content (AvgIpc) is 3.66. The highest BCUT2D eigenvalue weighted by atomic mass is 35.5. The smallest absolute Gasteiger partial charge is 0.144 e. The molecule has 1 atom stereocenters. The van der Waals surface area contributed by atoms with Gasteiger partial charge in [0.15, 0.2) is 0 Å². The number of hydrogen-bond acceptors (Lipinski definition) is 6. The highest BCUT2D eigenvalue weighted by Crippen LogP contribution is 2.45. The number of anilines is 1. The zero-order valence-corrected chi connectivity index (χ0v) is 19.9. The van der Waals surface area contributed by atoms with Crippen LogP contribution in [-0.2, 0) is 4.74 Å². The van der Waals surface area contributed by atoms with Crippen molar-refractivity contribution in [2.45, 2.75) is 38.1 Å². The van der Waals surface area contributed by atoms with Crippen LogP contribution < -0.4 is 4.90 Å². The predicted molar refractivity (Wildman–Crippen MR) is 131 cm³/mol. The van der Waals surface area contributed by atoms with E-state index < -0.39 is 0 Å². The Kier molecular flexibility index (Phi) is 6.88. The second-order valence-corrected chi connectivity index (χ2v) is 9.07. The van der Waals surface area contributed by atoms with Crippen molar-refractivity contribution in [2.24, 2.45) is 0 Å². The Bertz CT molecular complexity index is 1140. The van der Waals surface area contributed by atoms with E-state index in [1.807, 2.05) is 6.07 Å². The van der Waals surface area contributed by atoms with Crippen molar-refractivity contribution >= 4 is 17.4 Å². The average molecular weight is 462 g/mol. The van der Waals surface area contributed by atoms with Crippen molar-refractivity contribution in [3.63, 3.8) is 0 Å². The summed E-state index contributed by atoms with van der Waals surface area (Å²) in [6, 6.07) is 7.92. The van der Waals surface area contributed by atoms with Crippen molar-refractivity contribution in [3.05, 3.63) is 52.6 Å². The summed E-state index contributed by atoms with van der Waals surface area (Å²) >= 11 is 6.19. The van der Waals surface area contributed by atoms with Gasteiger partial charge in [-0.2, -0.15) is 5.26 Å². The molecule has 0 spiro atoms. The summed E-state index contributed by atoms with van der Waals surface area (Å²) in [6.07, 6.45) is 8.98. The molecule has 2 aromatic heterocycles. The van der Waals surface area contributed by atoms with Crippen molar-refractivity contribution in [3.8, 4) is 29.5 Å². The summed E-state index contributed by atoms with van der Waals surface area (Å²) < 4.78 is 5.21. The van der Waals surface area contributed by atoms with Crippen LogP contribution in [0, 0.1) is 23.7 Å². The molecule has 1 aliphatic heterocycles. The van der Waals surface area contributed by atoms with Gasteiger partial charge in [0.2, 0.25) is 0 Å². The second kappa shape index (κ2) is 9.83. The minimum atomic E-state index is 0.282. The first-order valence-corrected chi connectivity index (χ1v) is 11.6. The van der Waals surface area contributed by atoms with Crippen molar-refractivity contribution in [1.29, 1.82) is 5.26 Å². The molecule has 1 saturated carbocycles. The lowest BCUT2D eigenvalue weighted by atomic mass is 9.99. The van der Waals surface area contributed by atoms with E-state index in [4.69, 9.17) is 27.7 Å². The lowest BCUT2D eigenvalue weighted by molar-refractivity contribution is 0.177. The Morgan fingerprint density at radius 3 is 2.73 bits per heavy atom. The van der Waals surface area contributed by atoms with Gasteiger partial charge in [-0.25, -0.2) is 9.97 Å². The van der Waals surface area contributed by atoms with Crippen molar-refractivity contribution in [2.75, 3.05) is 38.3 Å². The summed E-state index contributed by atoms with van der Waals surface area (Å²) in [4.78, 5) is 13.8. The number of rotatable bonds is 7. The molecule has 33 heavy (non-hydrogen) atoms. The van der Waals surface area contributed by atoms with E-state index in [2.05, 4.69) is 40.3 Å². The summed E-state index contributed by atoms with van der Waals surface area (Å²) in [5.74, 6) is 4.10. The van der Waals surface area contributed by atoms with E-state index in [1.165, 1.54) is 0 Å². The van der Waals surface area contributed by atoms with E-state index in [-0.39, 0.29) is 16.9 Å². The Balaban J connectivity index is 1.67. The summed E-state index contributed by atoms with van der Waals surface area (Å²) in [5.41, 5.74) is 4.93. The molecule has 2 aromatic rings. The molecule has 2 aliphatic rings. The molecule has 170 valence electrons. The number of halogens is 1. The normalized spacial score (nSPS) is 18.0. The van der Waals surface area contributed by atoms with E-state index in [0.29, 0.717) is 12.5 Å². The maximum absolute atomic E-state index is 9.33. The number of terminal acetylenes is 1. The van der Waals surface area contributed by atoms with Gasteiger partial charge in [-0.1, -0.05) is 24.1 Å². The molecule has 1 aliphatic carbocycles. The highest BCUT2D eigenvalue weighted by molar-refractivity contribution is 6.29. The summed E-state index contributed by atoms with van der Waals surface area (Å²) in [7, 11) is 1.71. The van der Waals surface area contributed by atoms with Gasteiger partial charge in [0, 0.05) is 56.4 Å². The Labute approximate surface area is 200 Å². The lowest BCUT2D eigenvalue weighted by Gasteiger charge is -2.43. The van der Waals surface area contributed by atoms with Crippen molar-refractivity contribution in [1.82, 2.24) is 14.9 Å². The number of hydrogen-bond donors (Lipinski definition) is 0. The minimum Gasteiger partial charge on any atom is -0.384 e. The van der Waals surface area contributed by atoms with Crippen LogP contribution >= 0.6 is 11.6 Å². The molecular weight excluding hydrogens is 434 g/mol. The predicted octanol–water partition coefficient (Wildman–Crippen LogP) is 4.59. The zero-order valence-electron chi connectivity index (χ0n) is 19.1. The quantitative estimate of drug-likeness (QED) is 0.444. The topological polar surface area (TPSA) is 65.3 Å². The van der Waals surface area contributed by atoms with Crippen LogP contribution in [0.3, 0.4) is 0 Å². The molecule has 0 aromatic carbocycles. The molecule has 0 radical (unpaired) electrons. The van der Waals surface area contributed by atoms with Crippen molar-refractivity contribution < 1.29 is 4.74 Å². The lowest BCUT2D eigenvalue weighted by Crippen LogP contribution is -2.51. The number of methoxy groups -OCH3 is 1. The highest BCUT2D eigenvalue weighted by Gasteiger charge is 2.32. The number of aromatic nitrogens is 2. The van der Waals surface area contributed by atoms with Crippen LogP contribution in [0.2, 0.25) is 5.15 Å². The first-order chi connectivity index (χ1) is 15.9. The molecule has 1 unspecified atom stereocenters. The van der Waals surface area contributed by atoms with Gasteiger partial charge in [-0.05, 0) is 43.5 Å². The maximum Gasteiger partial charge on any atom is 0.144 e. The summed E-state index contributed by atoms with van der Waals surface area (Å²) in [6.45, 7) is 9.63. The molecule has 1 saturated heterocycles. The van der Waals surface area contributed by atoms with Crippen LogP contribution in [0.1, 0.15) is 49.1 Å². The molecule has 0 amide bonds. The minimum absolute atomic E-state index is 0.282. The van der Waals surface area contributed by atoms with E-state index >= 15 is 0 Å². The number of piperazine rings is 1. The maximum atomic E-state index is 9.33. The van der Waals surface area contributed by atoms with Crippen LogP contribution in [0.15, 0.2) is 30.5 Å². The van der Waals surface area contributed by atoms with Gasteiger partial charge in [0.05, 0.1) is 17.9 Å². The van der Waals surface area contributed by atoms with E-state index in [1.54, 1.807) is 19.2 Å². The van der Waals surface area contributed by atoms with Crippen LogP contribution in [0.4, 0.5) is 5.82 Å². The van der Waals surface area contributed by atoms with Gasteiger partial charge in [-0.3, -0.25) is 0 Å². The van der Waals surface area contributed by atoms with Crippen LogP contribution in [0.25, 0.3) is 11.1 Å². The monoisotopic (exact) mass is 461 g/mol. The Morgan fingerprint density at radius 1 is 1.30 bits per heavy atom. The second-order valence-electron chi connectivity index (χ2n) is 8.68. The standard InChI is InChI=1S/C26H28ClN5O/c1-5-19-13-23(21-12-22(15-28)29-24(27)14-21)25(20-6-7-20)30-26(19)31-9-10-32(18(3)16-31)17(2)8-11-33-4/h1,12-14,18,20H,2,6-11,16H2,3-4H3. The number of nitrogens with zero attached hydrogens (tertiary/aromatic N) is 5. The van der Waals surface area contributed by atoms with E-state index in [0.717, 1.165) is 72.8 Å².